The molecule has 0 heterocycles. The second-order valence-corrected chi connectivity index (χ2v) is 5.52. The summed E-state index contributed by atoms with van der Waals surface area (Å²) in [6, 6.07) is 10.9. The molecule has 0 radical (unpaired) electrons. The zero-order valence-corrected chi connectivity index (χ0v) is 13.3. The maximum absolute atomic E-state index is 12.8. The van der Waals surface area contributed by atoms with E-state index in [1.807, 2.05) is 6.92 Å². The molecule has 2 amide bonds. The number of rotatable bonds is 5. The van der Waals surface area contributed by atoms with E-state index in [2.05, 4.69) is 10.6 Å². The van der Waals surface area contributed by atoms with Gasteiger partial charge in [-0.15, -0.1) is 0 Å². The van der Waals surface area contributed by atoms with Crippen LogP contribution in [0.15, 0.2) is 42.5 Å². The highest BCUT2D eigenvalue weighted by molar-refractivity contribution is 6.30. The maximum Gasteiger partial charge on any atom is 0.233 e. The van der Waals surface area contributed by atoms with Crippen molar-refractivity contribution in [1.82, 2.24) is 5.32 Å². The number of hydrogen-bond acceptors (Lipinski definition) is 2. The number of carbonyl (C=O) groups is 2. The minimum atomic E-state index is -0.410. The largest absolute Gasteiger partial charge is 0.352 e. The van der Waals surface area contributed by atoms with Crippen molar-refractivity contribution in [2.24, 2.45) is 0 Å². The van der Waals surface area contributed by atoms with Crippen LogP contribution < -0.4 is 10.6 Å². The summed E-state index contributed by atoms with van der Waals surface area (Å²) in [5.41, 5.74) is 2.19. The summed E-state index contributed by atoms with van der Waals surface area (Å²) in [6.45, 7) is 2.06. The third-order valence-electron chi connectivity index (χ3n) is 3.19. The van der Waals surface area contributed by atoms with E-state index in [1.54, 1.807) is 30.3 Å². The topological polar surface area (TPSA) is 58.2 Å². The van der Waals surface area contributed by atoms with E-state index in [0.29, 0.717) is 10.7 Å². The molecule has 23 heavy (non-hydrogen) atoms. The summed E-state index contributed by atoms with van der Waals surface area (Å²) in [5, 5.41) is 5.86. The Morgan fingerprint density at radius 3 is 2.43 bits per heavy atom. The first-order chi connectivity index (χ1) is 10.9. The normalized spacial score (nSPS) is 10.2. The van der Waals surface area contributed by atoms with Gasteiger partial charge < -0.3 is 10.6 Å². The highest BCUT2D eigenvalue weighted by atomic mass is 35.5. The van der Waals surface area contributed by atoms with Crippen LogP contribution in [0.3, 0.4) is 0 Å². The van der Waals surface area contributed by atoms with Gasteiger partial charge in [-0.2, -0.15) is 0 Å². The highest BCUT2D eigenvalue weighted by Gasteiger charge is 2.10. The molecule has 0 fully saturated rings. The Morgan fingerprint density at radius 1 is 1.09 bits per heavy atom. The second kappa shape index (κ2) is 7.74. The molecular weight excluding hydrogens is 319 g/mol. The van der Waals surface area contributed by atoms with Crippen molar-refractivity contribution < 1.29 is 14.0 Å². The molecule has 2 aromatic carbocycles. The number of carbonyl (C=O) groups excluding carboxylic acids is 2. The molecule has 0 saturated carbocycles. The van der Waals surface area contributed by atoms with E-state index in [0.717, 1.165) is 11.1 Å². The lowest BCUT2D eigenvalue weighted by Gasteiger charge is -2.09. The first-order valence-electron chi connectivity index (χ1n) is 7.01. The average molecular weight is 335 g/mol. The third kappa shape index (κ3) is 5.38. The van der Waals surface area contributed by atoms with Gasteiger partial charge in [0.05, 0.1) is 0 Å². The van der Waals surface area contributed by atoms with E-state index in [4.69, 9.17) is 11.6 Å². The van der Waals surface area contributed by atoms with E-state index in [9.17, 15) is 14.0 Å². The van der Waals surface area contributed by atoms with E-state index < -0.39 is 11.8 Å². The summed E-state index contributed by atoms with van der Waals surface area (Å²) in [5.74, 6) is -1.15. The van der Waals surface area contributed by atoms with Crippen LogP contribution in [0.1, 0.15) is 17.5 Å². The van der Waals surface area contributed by atoms with Crippen LogP contribution in [0.4, 0.5) is 10.1 Å². The summed E-state index contributed by atoms with van der Waals surface area (Å²) in [7, 11) is 0. The molecule has 2 N–H and O–H groups in total. The minimum absolute atomic E-state index is 0.242. The van der Waals surface area contributed by atoms with E-state index >= 15 is 0 Å². The van der Waals surface area contributed by atoms with Crippen LogP contribution in [0.2, 0.25) is 5.02 Å². The quantitative estimate of drug-likeness (QED) is 0.823. The van der Waals surface area contributed by atoms with Crippen molar-refractivity contribution >= 4 is 29.1 Å². The Bertz CT molecular complexity index is 717. The Balaban J connectivity index is 1.82. The van der Waals surface area contributed by atoms with Crippen molar-refractivity contribution in [3.8, 4) is 0 Å². The van der Waals surface area contributed by atoms with Crippen LogP contribution in [0.5, 0.6) is 0 Å². The van der Waals surface area contributed by atoms with Crippen molar-refractivity contribution in [2.45, 2.75) is 19.9 Å². The fraction of sp³-hybridized carbons (Fsp3) is 0.176. The van der Waals surface area contributed by atoms with Gasteiger partial charge in [-0.3, -0.25) is 9.59 Å². The molecule has 0 bridgehead atoms. The molecule has 2 aromatic rings. The highest BCUT2D eigenvalue weighted by Crippen LogP contribution is 2.19. The average Bonchev–Trinajstić information content (AvgIpc) is 2.49. The number of anilines is 1. The zero-order valence-electron chi connectivity index (χ0n) is 12.5. The van der Waals surface area contributed by atoms with Crippen molar-refractivity contribution in [2.75, 3.05) is 5.32 Å². The summed E-state index contributed by atoms with van der Waals surface area (Å²) >= 11 is 5.85. The lowest BCUT2D eigenvalue weighted by molar-refractivity contribution is -0.126. The van der Waals surface area contributed by atoms with Gasteiger partial charge in [-0.05, 0) is 48.4 Å². The molecule has 0 aliphatic heterocycles. The number of aryl methyl sites for hydroxylation is 1. The van der Waals surface area contributed by atoms with Gasteiger partial charge in [0.15, 0.2) is 0 Å². The Morgan fingerprint density at radius 2 is 1.78 bits per heavy atom. The first kappa shape index (κ1) is 17.0. The van der Waals surface area contributed by atoms with Crippen molar-refractivity contribution in [1.29, 1.82) is 0 Å². The molecule has 0 aliphatic carbocycles. The smallest absolute Gasteiger partial charge is 0.233 e. The Labute approximate surface area is 138 Å². The van der Waals surface area contributed by atoms with Gasteiger partial charge in [0, 0.05) is 17.3 Å². The van der Waals surface area contributed by atoms with Crippen LogP contribution in [-0.4, -0.2) is 11.8 Å². The van der Waals surface area contributed by atoms with Crippen LogP contribution in [0.25, 0.3) is 0 Å². The molecule has 0 aliphatic rings. The first-order valence-corrected chi connectivity index (χ1v) is 7.39. The molecule has 120 valence electrons. The molecule has 0 atom stereocenters. The minimum Gasteiger partial charge on any atom is -0.352 e. The molecule has 2 rings (SSSR count). The number of nitrogens with one attached hydrogen (secondary N) is 2. The fourth-order valence-electron chi connectivity index (χ4n) is 1.97. The van der Waals surface area contributed by atoms with Gasteiger partial charge in [0.25, 0.3) is 0 Å². The predicted octanol–water partition coefficient (Wildman–Crippen LogP) is 3.43. The van der Waals surface area contributed by atoms with E-state index in [1.165, 1.54) is 12.1 Å². The number of hydrogen-bond donors (Lipinski definition) is 2. The van der Waals surface area contributed by atoms with Crippen LogP contribution >= 0.6 is 11.6 Å². The van der Waals surface area contributed by atoms with Gasteiger partial charge in [-0.1, -0.05) is 23.7 Å². The molecule has 0 unspecified atom stereocenters. The molecule has 0 aromatic heterocycles. The third-order valence-corrected chi connectivity index (χ3v) is 3.42. The Hall–Kier alpha value is -2.40. The van der Waals surface area contributed by atoms with Gasteiger partial charge in [0.2, 0.25) is 11.8 Å². The standard InChI is InChI=1S/C17H16ClFN2O2/c1-11-8-13(18)4-7-15(11)21-17(23)9-16(22)20-10-12-2-5-14(19)6-3-12/h2-8H,9-10H2,1H3,(H,20,22)(H,21,23). The second-order valence-electron chi connectivity index (χ2n) is 5.09. The maximum atomic E-state index is 12.8. The molecule has 6 heteroatoms. The van der Waals surface area contributed by atoms with Crippen LogP contribution in [0, 0.1) is 12.7 Å². The van der Waals surface area contributed by atoms with E-state index in [-0.39, 0.29) is 18.8 Å². The predicted molar refractivity (Wildman–Crippen MR) is 87.7 cm³/mol. The zero-order chi connectivity index (χ0) is 16.8. The molecule has 0 spiro atoms. The number of benzene rings is 2. The molecular formula is C17H16ClFN2O2. The van der Waals surface area contributed by atoms with Gasteiger partial charge >= 0.3 is 0 Å². The van der Waals surface area contributed by atoms with Gasteiger partial charge in [-0.25, -0.2) is 4.39 Å². The van der Waals surface area contributed by atoms with Gasteiger partial charge in [0.1, 0.15) is 12.2 Å². The lowest BCUT2D eigenvalue weighted by atomic mass is 10.2. The molecule has 0 saturated heterocycles. The monoisotopic (exact) mass is 334 g/mol. The lowest BCUT2D eigenvalue weighted by Crippen LogP contribution is -2.27. The summed E-state index contributed by atoms with van der Waals surface area (Å²) < 4.78 is 12.8. The van der Waals surface area contributed by atoms with Crippen molar-refractivity contribution in [3.05, 3.63) is 64.4 Å². The fourth-order valence-corrected chi connectivity index (χ4v) is 2.20. The number of amides is 2. The Kier molecular flexibility index (Phi) is 5.71. The number of halogens is 2. The SMILES string of the molecule is Cc1cc(Cl)ccc1NC(=O)CC(=O)NCc1ccc(F)cc1. The summed E-state index contributed by atoms with van der Waals surface area (Å²) in [6.07, 6.45) is -0.288. The summed E-state index contributed by atoms with van der Waals surface area (Å²) in [4.78, 5) is 23.6. The molecule has 4 nitrogen and oxygen atoms in total. The van der Waals surface area contributed by atoms with Crippen molar-refractivity contribution in [3.63, 3.8) is 0 Å². The van der Waals surface area contributed by atoms with Crippen LogP contribution in [-0.2, 0) is 16.1 Å².